The van der Waals surface area contributed by atoms with Gasteiger partial charge in [0.05, 0.1) is 10.0 Å². The Balaban J connectivity index is 2.43. The highest BCUT2D eigenvalue weighted by atomic mass is 35.5. The van der Waals surface area contributed by atoms with Crippen molar-refractivity contribution in [3.05, 3.63) is 28.0 Å². The summed E-state index contributed by atoms with van der Waals surface area (Å²) >= 11 is 11.4. The Morgan fingerprint density at radius 3 is 2.60 bits per heavy atom. The van der Waals surface area contributed by atoms with E-state index in [9.17, 15) is 12.8 Å². The van der Waals surface area contributed by atoms with Crippen LogP contribution in [0, 0.1) is 11.7 Å². The Labute approximate surface area is 127 Å². The molecule has 112 valence electrons. The summed E-state index contributed by atoms with van der Waals surface area (Å²) in [5.74, 6) is -0.784. The number of nitrogens with two attached hydrogens (primary N) is 1. The summed E-state index contributed by atoms with van der Waals surface area (Å²) in [6, 6.07) is 2.17. The van der Waals surface area contributed by atoms with E-state index in [4.69, 9.17) is 28.9 Å². The van der Waals surface area contributed by atoms with Crippen molar-refractivity contribution in [2.24, 2.45) is 11.7 Å². The Bertz CT molecular complexity index is 614. The second kappa shape index (κ2) is 5.77. The minimum Gasteiger partial charge on any atom is -0.326 e. The van der Waals surface area contributed by atoms with E-state index >= 15 is 0 Å². The fraction of sp³-hybridized carbons (Fsp3) is 0.500. The molecule has 2 unspecified atom stereocenters. The van der Waals surface area contributed by atoms with Crippen molar-refractivity contribution in [3.63, 3.8) is 0 Å². The molecular formula is C12H15Cl2FN2O2S. The molecule has 0 aliphatic carbocycles. The number of hydrogen-bond acceptors (Lipinski definition) is 3. The maximum Gasteiger partial charge on any atom is 0.244 e. The zero-order chi connectivity index (χ0) is 15.1. The molecule has 8 heteroatoms. The fourth-order valence-electron chi connectivity index (χ4n) is 2.39. The summed E-state index contributed by atoms with van der Waals surface area (Å²) in [6.07, 6.45) is 0.759. The van der Waals surface area contributed by atoms with Crippen LogP contribution in [-0.2, 0) is 10.0 Å². The maximum absolute atomic E-state index is 13.7. The van der Waals surface area contributed by atoms with Crippen LogP contribution < -0.4 is 5.73 Å². The summed E-state index contributed by atoms with van der Waals surface area (Å²) in [7, 11) is -3.88. The van der Waals surface area contributed by atoms with Crippen molar-refractivity contribution >= 4 is 33.2 Å². The average molecular weight is 341 g/mol. The Morgan fingerprint density at radius 1 is 1.35 bits per heavy atom. The molecule has 1 fully saturated rings. The highest BCUT2D eigenvalue weighted by molar-refractivity contribution is 7.89. The van der Waals surface area contributed by atoms with Crippen LogP contribution in [0.4, 0.5) is 4.39 Å². The molecule has 1 aliphatic rings. The van der Waals surface area contributed by atoms with Gasteiger partial charge in [-0.3, -0.25) is 0 Å². The smallest absolute Gasteiger partial charge is 0.244 e. The zero-order valence-electron chi connectivity index (χ0n) is 10.8. The number of halogens is 3. The predicted octanol–water partition coefficient (Wildman–Crippen LogP) is 2.49. The second-order valence-corrected chi connectivity index (χ2v) is 7.79. The summed E-state index contributed by atoms with van der Waals surface area (Å²) in [4.78, 5) is -0.276. The molecule has 0 saturated carbocycles. The molecular weight excluding hydrogens is 326 g/mol. The number of nitrogens with zero attached hydrogens (tertiary/aromatic N) is 1. The van der Waals surface area contributed by atoms with Gasteiger partial charge in [0.2, 0.25) is 10.0 Å². The topological polar surface area (TPSA) is 63.4 Å². The maximum atomic E-state index is 13.7. The summed E-state index contributed by atoms with van der Waals surface area (Å²) in [6.45, 7) is 2.47. The summed E-state index contributed by atoms with van der Waals surface area (Å²) in [5.41, 5.74) is 5.85. The molecule has 0 amide bonds. The van der Waals surface area contributed by atoms with Crippen LogP contribution in [0.3, 0.4) is 0 Å². The molecule has 1 saturated heterocycles. The normalized spacial score (nSPS) is 24.9. The van der Waals surface area contributed by atoms with Gasteiger partial charge in [-0.25, -0.2) is 12.8 Å². The van der Waals surface area contributed by atoms with Crippen molar-refractivity contribution in [1.29, 1.82) is 0 Å². The third-order valence-electron chi connectivity index (χ3n) is 3.28. The number of piperidine rings is 1. The largest absolute Gasteiger partial charge is 0.326 e. The first kappa shape index (κ1) is 16.0. The highest BCUT2D eigenvalue weighted by Crippen LogP contribution is 2.32. The van der Waals surface area contributed by atoms with Gasteiger partial charge in [0, 0.05) is 19.1 Å². The number of benzene rings is 1. The van der Waals surface area contributed by atoms with E-state index in [1.165, 1.54) is 16.4 Å². The third kappa shape index (κ3) is 2.94. The van der Waals surface area contributed by atoms with E-state index in [1.807, 2.05) is 6.92 Å². The minimum absolute atomic E-state index is 0.143. The number of rotatable bonds is 2. The molecule has 2 atom stereocenters. The Hall–Kier alpha value is -0.400. The predicted molar refractivity (Wildman–Crippen MR) is 76.9 cm³/mol. The highest BCUT2D eigenvalue weighted by Gasteiger charge is 2.34. The van der Waals surface area contributed by atoms with Crippen LogP contribution in [0.2, 0.25) is 10.0 Å². The Morgan fingerprint density at radius 2 is 2.00 bits per heavy atom. The van der Waals surface area contributed by atoms with E-state index in [2.05, 4.69) is 0 Å². The van der Waals surface area contributed by atoms with Crippen LogP contribution >= 0.6 is 23.2 Å². The van der Waals surface area contributed by atoms with Crippen LogP contribution in [0.15, 0.2) is 17.0 Å². The van der Waals surface area contributed by atoms with Crippen molar-refractivity contribution < 1.29 is 12.8 Å². The van der Waals surface area contributed by atoms with Gasteiger partial charge >= 0.3 is 0 Å². The monoisotopic (exact) mass is 340 g/mol. The lowest BCUT2D eigenvalue weighted by Gasteiger charge is -2.34. The van der Waals surface area contributed by atoms with Gasteiger partial charge in [0.1, 0.15) is 4.90 Å². The lowest BCUT2D eigenvalue weighted by molar-refractivity contribution is 0.254. The van der Waals surface area contributed by atoms with Crippen molar-refractivity contribution in [1.82, 2.24) is 4.31 Å². The first-order valence-corrected chi connectivity index (χ1v) is 8.32. The van der Waals surface area contributed by atoms with Crippen LogP contribution in [0.1, 0.15) is 13.3 Å². The molecule has 1 aromatic rings. The molecule has 2 rings (SSSR count). The first-order valence-electron chi connectivity index (χ1n) is 6.12. The van der Waals surface area contributed by atoms with E-state index in [1.54, 1.807) is 0 Å². The number of sulfonamides is 1. The van der Waals surface area contributed by atoms with Crippen molar-refractivity contribution in [2.45, 2.75) is 24.3 Å². The van der Waals surface area contributed by atoms with Gasteiger partial charge in [0.25, 0.3) is 0 Å². The quantitative estimate of drug-likeness (QED) is 0.841. The van der Waals surface area contributed by atoms with E-state index in [0.29, 0.717) is 6.54 Å². The molecule has 1 heterocycles. The lowest BCUT2D eigenvalue weighted by Crippen LogP contribution is -2.48. The van der Waals surface area contributed by atoms with E-state index < -0.39 is 20.9 Å². The van der Waals surface area contributed by atoms with Gasteiger partial charge in [-0.15, -0.1) is 0 Å². The summed E-state index contributed by atoms with van der Waals surface area (Å²) in [5, 5.41) is -0.693. The summed E-state index contributed by atoms with van der Waals surface area (Å²) < 4.78 is 40.0. The molecule has 0 radical (unpaired) electrons. The van der Waals surface area contributed by atoms with Crippen molar-refractivity contribution in [2.75, 3.05) is 13.1 Å². The van der Waals surface area contributed by atoms with Gasteiger partial charge in [-0.1, -0.05) is 30.1 Å². The molecule has 0 spiro atoms. The average Bonchev–Trinajstić information content (AvgIpc) is 2.34. The first-order chi connectivity index (χ1) is 9.23. The fourth-order valence-corrected chi connectivity index (χ4v) is 4.73. The van der Waals surface area contributed by atoms with Gasteiger partial charge < -0.3 is 5.73 Å². The van der Waals surface area contributed by atoms with Crippen LogP contribution in [-0.4, -0.2) is 31.9 Å². The van der Waals surface area contributed by atoms with Crippen LogP contribution in [0.5, 0.6) is 0 Å². The van der Waals surface area contributed by atoms with E-state index in [0.717, 1.165) is 6.42 Å². The Kier molecular flexibility index (Phi) is 4.61. The van der Waals surface area contributed by atoms with Gasteiger partial charge in [0.15, 0.2) is 5.82 Å². The zero-order valence-corrected chi connectivity index (χ0v) is 13.1. The molecule has 4 nitrogen and oxygen atoms in total. The van der Waals surface area contributed by atoms with Gasteiger partial charge in [-0.2, -0.15) is 4.31 Å². The second-order valence-electron chi connectivity index (χ2n) is 5.10. The molecule has 20 heavy (non-hydrogen) atoms. The third-order valence-corrected chi connectivity index (χ3v) is 5.92. The molecule has 2 N–H and O–H groups in total. The standard InChI is InChI=1S/C12H15Cl2FN2O2S/c1-7-4-8(16)6-17(5-7)20(18,19)10-3-2-9(13)12(15)11(10)14/h2-3,7-8H,4-6,16H2,1H3. The number of hydrogen-bond donors (Lipinski definition) is 1. The molecule has 1 aliphatic heterocycles. The SMILES string of the molecule is CC1CC(N)CN(S(=O)(=O)c2ccc(Cl)c(F)c2Cl)C1. The van der Waals surface area contributed by atoms with Crippen LogP contribution in [0.25, 0.3) is 0 Å². The molecule has 0 bridgehead atoms. The molecule has 0 aromatic heterocycles. The van der Waals surface area contributed by atoms with Gasteiger partial charge in [-0.05, 0) is 24.5 Å². The van der Waals surface area contributed by atoms with E-state index in [-0.39, 0.29) is 28.4 Å². The lowest BCUT2D eigenvalue weighted by atomic mass is 9.99. The van der Waals surface area contributed by atoms with Crippen molar-refractivity contribution in [3.8, 4) is 0 Å². The molecule has 1 aromatic carbocycles. The minimum atomic E-state index is -3.88.